The van der Waals surface area contributed by atoms with Crippen LogP contribution in [0.4, 0.5) is 32.0 Å². The van der Waals surface area contributed by atoms with Gasteiger partial charge < -0.3 is 5.32 Å². The molecule has 1 saturated heterocycles. The molecule has 2 aromatic rings. The fraction of sp³-hybridized carbons (Fsp3) is 0.381. The summed E-state index contributed by atoms with van der Waals surface area (Å²) in [6.07, 6.45) is -6.96. The molecule has 3 rings (SSSR count). The first-order valence-corrected chi connectivity index (χ1v) is 11.4. The van der Waals surface area contributed by atoms with E-state index in [-0.39, 0.29) is 16.5 Å². The van der Waals surface area contributed by atoms with Crippen LogP contribution in [0.5, 0.6) is 0 Å². The van der Waals surface area contributed by atoms with E-state index in [0.29, 0.717) is 38.1 Å². The summed E-state index contributed by atoms with van der Waals surface area (Å²) in [7, 11) is -3.91. The molecule has 5 nitrogen and oxygen atoms in total. The predicted octanol–water partition coefficient (Wildman–Crippen LogP) is 5.54. The van der Waals surface area contributed by atoms with Crippen LogP contribution in [0.15, 0.2) is 47.4 Å². The maximum absolute atomic E-state index is 13.0. The number of nitrogens with zero attached hydrogens (tertiary/aromatic N) is 1. The summed E-state index contributed by atoms with van der Waals surface area (Å²) in [5, 5.41) is 2.00. The molecule has 0 aliphatic carbocycles. The second kappa shape index (κ2) is 9.34. The van der Waals surface area contributed by atoms with Gasteiger partial charge in [-0.2, -0.15) is 30.6 Å². The Bertz CT molecular complexity index is 1090. The highest BCUT2D eigenvalue weighted by molar-refractivity contribution is 7.89. The van der Waals surface area contributed by atoms with Crippen LogP contribution in [-0.4, -0.2) is 31.7 Å². The van der Waals surface area contributed by atoms with Gasteiger partial charge in [0, 0.05) is 24.3 Å². The standard InChI is InChI=1S/C21H20F6N2O3S/c22-20(23,24)15-11-16(21(25,26)27)13-17(12-15)28-19(30)14-6-5-7-18(10-14)33(31,32)29-8-3-1-2-4-9-29/h5-7,10-13H,1-4,8-9H2,(H,28,30). The number of rotatable bonds is 4. The number of anilines is 1. The Hall–Kier alpha value is -2.60. The molecule has 0 aromatic heterocycles. The van der Waals surface area contributed by atoms with E-state index in [4.69, 9.17) is 0 Å². The molecule has 180 valence electrons. The lowest BCUT2D eigenvalue weighted by molar-refractivity contribution is -0.143. The Morgan fingerprint density at radius 1 is 0.818 bits per heavy atom. The minimum absolute atomic E-state index is 0.0515. The second-order valence-electron chi connectivity index (χ2n) is 7.59. The Labute approximate surface area is 186 Å². The molecule has 1 heterocycles. The first-order valence-electron chi connectivity index (χ1n) is 9.99. The van der Waals surface area contributed by atoms with Crippen LogP contribution in [0.1, 0.15) is 47.2 Å². The quantitative estimate of drug-likeness (QED) is 0.568. The minimum Gasteiger partial charge on any atom is -0.322 e. The monoisotopic (exact) mass is 494 g/mol. The summed E-state index contributed by atoms with van der Waals surface area (Å²) in [5.41, 5.74) is -4.10. The summed E-state index contributed by atoms with van der Waals surface area (Å²) in [6.45, 7) is 0.645. The minimum atomic E-state index is -5.07. The number of halogens is 6. The van der Waals surface area contributed by atoms with Crippen molar-refractivity contribution in [1.82, 2.24) is 4.31 Å². The average Bonchev–Trinajstić information content (AvgIpc) is 3.02. The van der Waals surface area contributed by atoms with Gasteiger partial charge in [0.2, 0.25) is 10.0 Å². The summed E-state index contributed by atoms with van der Waals surface area (Å²) in [6, 6.07) is 5.54. The van der Waals surface area contributed by atoms with Crippen molar-refractivity contribution < 1.29 is 39.6 Å². The number of carbonyl (C=O) groups excluding carboxylic acids is 1. The molecule has 0 bridgehead atoms. The first kappa shape index (κ1) is 25.0. The van der Waals surface area contributed by atoms with Gasteiger partial charge in [-0.3, -0.25) is 4.79 Å². The van der Waals surface area contributed by atoms with Crippen molar-refractivity contribution in [2.24, 2.45) is 0 Å². The number of benzene rings is 2. The lowest BCUT2D eigenvalue weighted by Crippen LogP contribution is -2.32. The number of hydrogen-bond acceptors (Lipinski definition) is 3. The van der Waals surface area contributed by atoms with Crippen molar-refractivity contribution in [3.63, 3.8) is 0 Å². The number of alkyl halides is 6. The molecule has 1 aliphatic heterocycles. The summed E-state index contributed by atoms with van der Waals surface area (Å²) in [5.74, 6) is -1.05. The zero-order valence-corrected chi connectivity index (χ0v) is 17.9. The number of hydrogen-bond donors (Lipinski definition) is 1. The van der Waals surface area contributed by atoms with Crippen molar-refractivity contribution in [3.8, 4) is 0 Å². The molecule has 0 saturated carbocycles. The van der Waals surface area contributed by atoms with Crippen molar-refractivity contribution in [1.29, 1.82) is 0 Å². The Kier molecular flexibility index (Phi) is 7.08. The van der Waals surface area contributed by atoms with E-state index in [2.05, 4.69) is 0 Å². The largest absolute Gasteiger partial charge is 0.416 e. The molecule has 0 spiro atoms. The highest BCUT2D eigenvalue weighted by Crippen LogP contribution is 2.37. The molecule has 12 heteroatoms. The molecule has 1 aliphatic rings. The molecule has 33 heavy (non-hydrogen) atoms. The van der Waals surface area contributed by atoms with Crippen molar-refractivity contribution in [2.45, 2.75) is 42.9 Å². The van der Waals surface area contributed by atoms with Gasteiger partial charge in [0.15, 0.2) is 0 Å². The third-order valence-corrected chi connectivity index (χ3v) is 7.04. The lowest BCUT2D eigenvalue weighted by atomic mass is 10.1. The molecule has 1 fully saturated rings. The third-order valence-electron chi connectivity index (χ3n) is 5.14. The zero-order chi connectivity index (χ0) is 24.4. The van der Waals surface area contributed by atoms with Gasteiger partial charge in [0.25, 0.3) is 5.91 Å². The van der Waals surface area contributed by atoms with Crippen molar-refractivity contribution in [2.75, 3.05) is 18.4 Å². The highest BCUT2D eigenvalue weighted by Gasteiger charge is 2.37. The Morgan fingerprint density at radius 2 is 1.36 bits per heavy atom. The third kappa shape index (κ3) is 6.05. The number of carbonyl (C=O) groups is 1. The lowest BCUT2D eigenvalue weighted by Gasteiger charge is -2.20. The van der Waals surface area contributed by atoms with E-state index < -0.39 is 45.1 Å². The molecular formula is C21H20F6N2O3S. The van der Waals surface area contributed by atoms with E-state index in [9.17, 15) is 39.6 Å². The molecular weight excluding hydrogens is 474 g/mol. The predicted molar refractivity (Wildman–Crippen MR) is 108 cm³/mol. The summed E-state index contributed by atoms with van der Waals surface area (Å²) < 4.78 is 105. The number of nitrogens with one attached hydrogen (secondary N) is 1. The van der Waals surface area contributed by atoms with Crippen LogP contribution < -0.4 is 5.32 Å². The molecule has 0 unspecified atom stereocenters. The molecule has 2 aromatic carbocycles. The van der Waals surface area contributed by atoms with Gasteiger partial charge in [0.1, 0.15) is 0 Å². The SMILES string of the molecule is O=C(Nc1cc(C(F)(F)F)cc(C(F)(F)F)c1)c1cccc(S(=O)(=O)N2CCCCCC2)c1. The Morgan fingerprint density at radius 3 is 1.88 bits per heavy atom. The fourth-order valence-electron chi connectivity index (χ4n) is 3.46. The smallest absolute Gasteiger partial charge is 0.322 e. The summed E-state index contributed by atoms with van der Waals surface area (Å²) in [4.78, 5) is 12.4. The second-order valence-corrected chi connectivity index (χ2v) is 9.53. The molecule has 0 atom stereocenters. The van der Waals surface area contributed by atoms with Gasteiger partial charge >= 0.3 is 12.4 Å². The van der Waals surface area contributed by atoms with Crippen LogP contribution >= 0.6 is 0 Å². The fourth-order valence-corrected chi connectivity index (χ4v) is 5.02. The highest BCUT2D eigenvalue weighted by atomic mass is 32.2. The molecule has 1 amide bonds. The number of amides is 1. The maximum Gasteiger partial charge on any atom is 0.416 e. The zero-order valence-electron chi connectivity index (χ0n) is 17.1. The van der Waals surface area contributed by atoms with E-state index in [1.54, 1.807) is 0 Å². The molecule has 1 N–H and O–H groups in total. The van der Waals surface area contributed by atoms with Crippen molar-refractivity contribution in [3.05, 3.63) is 59.2 Å². The van der Waals surface area contributed by atoms with Crippen LogP contribution in [0.25, 0.3) is 0 Å². The average molecular weight is 494 g/mol. The van der Waals surface area contributed by atoms with E-state index in [1.165, 1.54) is 22.5 Å². The van der Waals surface area contributed by atoms with E-state index >= 15 is 0 Å². The molecule has 0 radical (unpaired) electrons. The maximum atomic E-state index is 13.0. The topological polar surface area (TPSA) is 66.5 Å². The van der Waals surface area contributed by atoms with Gasteiger partial charge in [-0.15, -0.1) is 0 Å². The van der Waals surface area contributed by atoms with Gasteiger partial charge in [-0.05, 0) is 49.2 Å². The first-order chi connectivity index (χ1) is 15.3. The van der Waals surface area contributed by atoms with E-state index in [1.807, 2.05) is 5.32 Å². The van der Waals surface area contributed by atoms with Crippen LogP contribution in [0.3, 0.4) is 0 Å². The number of sulfonamides is 1. The van der Waals surface area contributed by atoms with Crippen LogP contribution in [0, 0.1) is 0 Å². The summed E-state index contributed by atoms with van der Waals surface area (Å²) >= 11 is 0. The van der Waals surface area contributed by atoms with Gasteiger partial charge in [0.05, 0.1) is 16.0 Å². The van der Waals surface area contributed by atoms with Crippen molar-refractivity contribution >= 4 is 21.6 Å². The Balaban J connectivity index is 1.90. The van der Waals surface area contributed by atoms with Crippen LogP contribution in [0.2, 0.25) is 0 Å². The van der Waals surface area contributed by atoms with Crippen LogP contribution in [-0.2, 0) is 22.4 Å². The van der Waals surface area contributed by atoms with Gasteiger partial charge in [-0.1, -0.05) is 18.9 Å². The van der Waals surface area contributed by atoms with Gasteiger partial charge in [-0.25, -0.2) is 8.42 Å². The van der Waals surface area contributed by atoms with E-state index in [0.717, 1.165) is 18.9 Å². The normalized spacial score (nSPS) is 16.3.